The summed E-state index contributed by atoms with van der Waals surface area (Å²) in [5.74, 6) is 6.50. The fourth-order valence-corrected chi connectivity index (χ4v) is 3.79. The van der Waals surface area contributed by atoms with Crippen LogP contribution in [0.15, 0.2) is 23.6 Å². The van der Waals surface area contributed by atoms with Crippen LogP contribution in [0.4, 0.5) is 0 Å². The van der Waals surface area contributed by atoms with Gasteiger partial charge in [0.25, 0.3) is 0 Å². The summed E-state index contributed by atoms with van der Waals surface area (Å²) in [5.41, 5.74) is 6.80. The first-order chi connectivity index (χ1) is 10.5. The summed E-state index contributed by atoms with van der Waals surface area (Å²) in [6.07, 6.45) is 3.62. The molecule has 1 unspecified atom stereocenters. The van der Waals surface area contributed by atoms with Gasteiger partial charge < -0.3 is 10.8 Å². The van der Waals surface area contributed by atoms with Crippen molar-refractivity contribution in [3.63, 3.8) is 0 Å². The average Bonchev–Trinajstić information content (AvgIpc) is 3.11. The van der Waals surface area contributed by atoms with Crippen molar-refractivity contribution in [2.24, 2.45) is 5.73 Å². The Morgan fingerprint density at radius 2 is 2.09 bits per heavy atom. The molecule has 0 aliphatic carbocycles. The van der Waals surface area contributed by atoms with E-state index >= 15 is 0 Å². The lowest BCUT2D eigenvalue weighted by Crippen LogP contribution is -2.40. The minimum Gasteiger partial charge on any atom is -0.394 e. The molecule has 0 aliphatic rings. The molecule has 2 aromatic heterocycles. The number of aliphatic hydroxyl groups is 1. The van der Waals surface area contributed by atoms with E-state index in [2.05, 4.69) is 42.3 Å². The van der Waals surface area contributed by atoms with Gasteiger partial charge in [-0.25, -0.2) is 0 Å². The van der Waals surface area contributed by atoms with Crippen LogP contribution < -0.4 is 5.73 Å². The first-order valence-electron chi connectivity index (χ1n) is 7.50. The summed E-state index contributed by atoms with van der Waals surface area (Å²) in [4.78, 5) is 3.80. The summed E-state index contributed by atoms with van der Waals surface area (Å²) >= 11 is 3.54. The van der Waals surface area contributed by atoms with E-state index in [-0.39, 0.29) is 6.61 Å². The number of aryl methyl sites for hydroxylation is 3. The highest BCUT2D eigenvalue weighted by Gasteiger charge is 2.16. The minimum atomic E-state index is -0.491. The van der Waals surface area contributed by atoms with Crippen LogP contribution in [0.25, 0.3) is 0 Å². The van der Waals surface area contributed by atoms with Crippen molar-refractivity contribution < 1.29 is 5.11 Å². The molecule has 0 bridgehead atoms. The van der Waals surface area contributed by atoms with Crippen molar-refractivity contribution in [2.45, 2.75) is 45.1 Å². The average molecular weight is 334 g/mol. The molecule has 1 atom stereocenters. The Bertz CT molecular complexity index is 658. The number of thiophene rings is 2. The summed E-state index contributed by atoms with van der Waals surface area (Å²) in [5, 5.41) is 11.4. The van der Waals surface area contributed by atoms with Gasteiger partial charge in [0.15, 0.2) is 0 Å². The Morgan fingerprint density at radius 3 is 2.77 bits per heavy atom. The summed E-state index contributed by atoms with van der Waals surface area (Å²) in [6.45, 7) is 4.03. The minimum absolute atomic E-state index is 0.0211. The predicted molar refractivity (Wildman–Crippen MR) is 96.6 cm³/mol. The molecule has 2 rings (SSSR count). The number of hydrogen-bond donors (Lipinski definition) is 2. The molecule has 0 amide bonds. The van der Waals surface area contributed by atoms with Crippen molar-refractivity contribution in [3.8, 4) is 11.8 Å². The quantitative estimate of drug-likeness (QED) is 0.791. The molecule has 2 heterocycles. The second-order valence-corrected chi connectivity index (χ2v) is 8.13. The molecule has 118 valence electrons. The zero-order valence-electron chi connectivity index (χ0n) is 13.2. The van der Waals surface area contributed by atoms with Gasteiger partial charge in [-0.15, -0.1) is 22.7 Å². The first kappa shape index (κ1) is 17.2. The molecule has 2 aromatic rings. The second kappa shape index (κ2) is 7.94. The van der Waals surface area contributed by atoms with Gasteiger partial charge >= 0.3 is 0 Å². The molecular weight excluding hydrogens is 310 g/mol. The summed E-state index contributed by atoms with van der Waals surface area (Å²) < 4.78 is 0. The third kappa shape index (κ3) is 5.58. The van der Waals surface area contributed by atoms with E-state index < -0.39 is 5.54 Å². The molecule has 0 aromatic carbocycles. The molecule has 4 heteroatoms. The van der Waals surface area contributed by atoms with Crippen LogP contribution >= 0.6 is 22.7 Å². The molecule has 0 saturated heterocycles. The Kier molecular flexibility index (Phi) is 6.22. The molecule has 0 fully saturated rings. The van der Waals surface area contributed by atoms with E-state index in [4.69, 9.17) is 5.73 Å². The van der Waals surface area contributed by atoms with Crippen LogP contribution in [0, 0.1) is 18.8 Å². The molecule has 2 nitrogen and oxygen atoms in total. The molecule has 0 spiro atoms. The molecule has 0 saturated carbocycles. The lowest BCUT2D eigenvalue weighted by Gasteiger charge is -2.20. The van der Waals surface area contributed by atoms with Gasteiger partial charge in [-0.2, -0.15) is 0 Å². The van der Waals surface area contributed by atoms with E-state index in [0.29, 0.717) is 0 Å². The van der Waals surface area contributed by atoms with Crippen molar-refractivity contribution in [1.82, 2.24) is 0 Å². The van der Waals surface area contributed by atoms with E-state index in [1.54, 1.807) is 11.3 Å². The van der Waals surface area contributed by atoms with Crippen LogP contribution in [0.3, 0.4) is 0 Å². The number of nitrogens with two attached hydrogens (primary N) is 1. The van der Waals surface area contributed by atoms with Gasteiger partial charge in [-0.05, 0) is 62.3 Å². The fourth-order valence-electron chi connectivity index (χ4n) is 2.02. The van der Waals surface area contributed by atoms with Gasteiger partial charge in [-0.1, -0.05) is 11.8 Å². The van der Waals surface area contributed by atoms with Gasteiger partial charge in [0.05, 0.1) is 11.5 Å². The molecule has 0 radical (unpaired) electrons. The van der Waals surface area contributed by atoms with E-state index in [0.717, 1.165) is 30.6 Å². The van der Waals surface area contributed by atoms with E-state index in [1.807, 2.05) is 18.3 Å². The highest BCUT2D eigenvalue weighted by molar-refractivity contribution is 7.12. The SMILES string of the molecule is Cc1csc(CCC#Cc2ccc(CCC(C)(N)CO)s2)c1. The van der Waals surface area contributed by atoms with Gasteiger partial charge in [0.1, 0.15) is 0 Å². The third-order valence-electron chi connectivity index (χ3n) is 3.46. The van der Waals surface area contributed by atoms with Crippen LogP contribution in [0.5, 0.6) is 0 Å². The highest BCUT2D eigenvalue weighted by Crippen LogP contribution is 2.20. The van der Waals surface area contributed by atoms with Crippen LogP contribution in [0.2, 0.25) is 0 Å². The maximum absolute atomic E-state index is 9.17. The molecule has 22 heavy (non-hydrogen) atoms. The normalized spacial score (nSPS) is 13.5. The summed E-state index contributed by atoms with van der Waals surface area (Å²) in [7, 11) is 0. The van der Waals surface area contributed by atoms with E-state index in [9.17, 15) is 5.11 Å². The lowest BCUT2D eigenvalue weighted by molar-refractivity contribution is 0.201. The highest BCUT2D eigenvalue weighted by atomic mass is 32.1. The fraction of sp³-hybridized carbons (Fsp3) is 0.444. The topological polar surface area (TPSA) is 46.2 Å². The lowest BCUT2D eigenvalue weighted by atomic mass is 9.98. The number of aliphatic hydroxyl groups excluding tert-OH is 1. The molecular formula is C18H23NOS2. The maximum Gasteiger partial charge on any atom is 0.0771 e. The maximum atomic E-state index is 9.17. The molecule has 0 aliphatic heterocycles. The Hall–Kier alpha value is -1.12. The van der Waals surface area contributed by atoms with Gasteiger partial charge in [0.2, 0.25) is 0 Å². The summed E-state index contributed by atoms with van der Waals surface area (Å²) in [6, 6.07) is 6.43. The van der Waals surface area contributed by atoms with Crippen LogP contribution in [-0.2, 0) is 12.8 Å². The number of hydrogen-bond acceptors (Lipinski definition) is 4. The number of rotatable bonds is 6. The van der Waals surface area contributed by atoms with Crippen molar-refractivity contribution >= 4 is 22.7 Å². The van der Waals surface area contributed by atoms with Gasteiger partial charge in [0, 0.05) is 21.7 Å². The molecule has 3 N–H and O–H groups in total. The predicted octanol–water partition coefficient (Wildman–Crippen LogP) is 3.74. The van der Waals surface area contributed by atoms with Crippen molar-refractivity contribution in [2.75, 3.05) is 6.61 Å². The van der Waals surface area contributed by atoms with Gasteiger partial charge in [-0.3, -0.25) is 0 Å². The Labute approximate surface area is 141 Å². The Balaban J connectivity index is 1.81. The smallest absolute Gasteiger partial charge is 0.0771 e. The first-order valence-corrected chi connectivity index (χ1v) is 9.19. The monoisotopic (exact) mass is 333 g/mol. The third-order valence-corrected chi connectivity index (χ3v) is 5.63. The van der Waals surface area contributed by atoms with Crippen molar-refractivity contribution in [1.29, 1.82) is 0 Å². The van der Waals surface area contributed by atoms with Crippen molar-refractivity contribution in [3.05, 3.63) is 43.8 Å². The standard InChI is InChI=1S/C18H23NOS2/c1-14-11-17(21-12-14)6-4-3-5-15-7-8-16(22-15)9-10-18(2,19)13-20/h7-8,11-12,20H,4,6,9-10,13,19H2,1-2H3. The zero-order valence-corrected chi connectivity index (χ0v) is 14.8. The van der Waals surface area contributed by atoms with E-state index in [1.165, 1.54) is 15.3 Å². The largest absolute Gasteiger partial charge is 0.394 e. The van der Waals surface area contributed by atoms with Crippen LogP contribution in [0.1, 0.15) is 40.0 Å². The zero-order chi connectivity index (χ0) is 16.0. The Morgan fingerprint density at radius 1 is 1.27 bits per heavy atom. The van der Waals surface area contributed by atoms with Crippen LogP contribution in [-0.4, -0.2) is 17.3 Å². The second-order valence-electron chi connectivity index (χ2n) is 5.97.